The number of carboxylic acid groups (broad SMARTS) is 1. The van der Waals surface area contributed by atoms with Crippen LogP contribution in [0.1, 0.15) is 26.3 Å². The van der Waals surface area contributed by atoms with Crippen molar-refractivity contribution in [2.24, 2.45) is 0 Å². The third-order valence-electron chi connectivity index (χ3n) is 3.21. The number of carboxylic acids is 1. The van der Waals surface area contributed by atoms with E-state index in [0.29, 0.717) is 5.82 Å². The van der Waals surface area contributed by atoms with Crippen LogP contribution < -0.4 is 5.32 Å². The summed E-state index contributed by atoms with van der Waals surface area (Å²) in [5.41, 5.74) is 0.907. The first-order valence-electron chi connectivity index (χ1n) is 7.83. The van der Waals surface area contributed by atoms with Crippen molar-refractivity contribution in [1.29, 1.82) is 0 Å². The Morgan fingerprint density at radius 2 is 1.76 bits per heavy atom. The van der Waals surface area contributed by atoms with Gasteiger partial charge in [0.1, 0.15) is 11.6 Å². The summed E-state index contributed by atoms with van der Waals surface area (Å²) in [5, 5.41) is 11.7. The highest BCUT2D eigenvalue weighted by Gasteiger charge is 2.24. The molecule has 132 valence electrons. The maximum Gasteiger partial charge on any atom is 0.408 e. The number of alkyl carbamates (subject to hydrolysis) is 1. The molecule has 1 amide bonds. The first kappa shape index (κ1) is 18.4. The molecule has 25 heavy (non-hydrogen) atoms. The molecule has 0 saturated carbocycles. The third kappa shape index (κ3) is 5.87. The number of amides is 1. The average molecular weight is 343 g/mol. The number of nitrogens with zero attached hydrogens (tertiary/aromatic N) is 2. The fourth-order valence-electron chi connectivity index (χ4n) is 2.12. The van der Waals surface area contributed by atoms with Gasteiger partial charge in [-0.05, 0) is 32.4 Å². The standard InChI is InChI=1S/C18H21N3O4/c1-18(2,3)25-17(24)21-14(16(22)23)11-12-5-7-13(8-6-12)15-19-9-4-10-20-15/h4-10,14H,11H2,1-3H3,(H,21,24)(H,22,23)/t14-/m0/s1. The smallest absolute Gasteiger partial charge is 0.408 e. The largest absolute Gasteiger partial charge is 0.480 e. The quantitative estimate of drug-likeness (QED) is 0.865. The van der Waals surface area contributed by atoms with Crippen molar-refractivity contribution in [3.63, 3.8) is 0 Å². The molecule has 0 saturated heterocycles. The minimum absolute atomic E-state index is 0.143. The van der Waals surface area contributed by atoms with Gasteiger partial charge in [0.05, 0.1) is 0 Å². The van der Waals surface area contributed by atoms with Crippen molar-refractivity contribution < 1.29 is 19.4 Å². The fraction of sp³-hybridized carbons (Fsp3) is 0.333. The lowest BCUT2D eigenvalue weighted by atomic mass is 10.0. The number of carbonyl (C=O) groups is 2. The summed E-state index contributed by atoms with van der Waals surface area (Å²) in [7, 11) is 0. The van der Waals surface area contributed by atoms with Crippen molar-refractivity contribution in [2.45, 2.75) is 38.8 Å². The number of nitrogens with one attached hydrogen (secondary N) is 1. The Morgan fingerprint density at radius 3 is 2.28 bits per heavy atom. The van der Waals surface area contributed by atoms with Crippen LogP contribution in [-0.2, 0) is 16.0 Å². The summed E-state index contributed by atoms with van der Waals surface area (Å²) in [5.74, 6) is -0.531. The van der Waals surface area contributed by atoms with Gasteiger partial charge in [0.15, 0.2) is 5.82 Å². The number of carbonyl (C=O) groups excluding carboxylic acids is 1. The Kier molecular flexibility index (Phi) is 5.69. The van der Waals surface area contributed by atoms with Crippen LogP contribution in [0.4, 0.5) is 4.79 Å². The van der Waals surface area contributed by atoms with Crippen LogP contribution in [0.25, 0.3) is 11.4 Å². The van der Waals surface area contributed by atoms with Crippen LogP contribution in [0, 0.1) is 0 Å². The Balaban J connectivity index is 2.04. The molecule has 0 fully saturated rings. The SMILES string of the molecule is CC(C)(C)OC(=O)N[C@@H](Cc1ccc(-c2ncccn2)cc1)C(=O)O. The number of aromatic nitrogens is 2. The second kappa shape index (κ2) is 7.74. The van der Waals surface area contributed by atoms with Gasteiger partial charge in [-0.3, -0.25) is 0 Å². The van der Waals surface area contributed by atoms with Gasteiger partial charge in [-0.1, -0.05) is 24.3 Å². The summed E-state index contributed by atoms with van der Waals surface area (Å²) in [6, 6.07) is 7.87. The zero-order valence-electron chi connectivity index (χ0n) is 14.4. The van der Waals surface area contributed by atoms with E-state index in [1.54, 1.807) is 51.4 Å². The topological polar surface area (TPSA) is 101 Å². The number of hydrogen-bond acceptors (Lipinski definition) is 5. The van der Waals surface area contributed by atoms with Crippen LogP contribution in [0.5, 0.6) is 0 Å². The monoisotopic (exact) mass is 343 g/mol. The van der Waals surface area contributed by atoms with E-state index < -0.39 is 23.7 Å². The Labute approximate surface area is 146 Å². The molecule has 0 bridgehead atoms. The molecule has 1 aromatic heterocycles. The first-order chi connectivity index (χ1) is 11.7. The molecular formula is C18H21N3O4. The van der Waals surface area contributed by atoms with Crippen LogP contribution in [0.3, 0.4) is 0 Å². The summed E-state index contributed by atoms with van der Waals surface area (Å²) in [4.78, 5) is 31.5. The molecule has 7 heteroatoms. The molecule has 0 aliphatic heterocycles. The van der Waals surface area contributed by atoms with Crippen molar-refractivity contribution in [2.75, 3.05) is 0 Å². The number of benzene rings is 1. The number of ether oxygens (including phenoxy) is 1. The highest BCUT2D eigenvalue weighted by Crippen LogP contribution is 2.16. The minimum atomic E-state index is -1.12. The summed E-state index contributed by atoms with van der Waals surface area (Å²) in [6.07, 6.45) is 2.70. The van der Waals surface area contributed by atoms with Gasteiger partial charge >= 0.3 is 12.1 Å². The van der Waals surface area contributed by atoms with E-state index in [1.807, 2.05) is 12.1 Å². The summed E-state index contributed by atoms with van der Waals surface area (Å²) in [6.45, 7) is 5.15. The molecule has 2 rings (SSSR count). The van der Waals surface area contributed by atoms with E-state index in [2.05, 4.69) is 15.3 Å². The molecule has 0 aliphatic rings. The second-order valence-electron chi connectivity index (χ2n) is 6.51. The fourth-order valence-corrected chi connectivity index (χ4v) is 2.12. The summed E-state index contributed by atoms with van der Waals surface area (Å²) < 4.78 is 5.10. The molecule has 1 aromatic carbocycles. The van der Waals surface area contributed by atoms with E-state index in [0.717, 1.165) is 11.1 Å². The Bertz CT molecular complexity index is 724. The number of rotatable bonds is 5. The molecule has 7 nitrogen and oxygen atoms in total. The molecular weight excluding hydrogens is 322 g/mol. The lowest BCUT2D eigenvalue weighted by Gasteiger charge is -2.22. The Hall–Kier alpha value is -2.96. The first-order valence-corrected chi connectivity index (χ1v) is 7.83. The predicted molar refractivity (Wildman–Crippen MR) is 92.0 cm³/mol. The molecule has 2 N–H and O–H groups in total. The molecule has 0 radical (unpaired) electrons. The lowest BCUT2D eigenvalue weighted by Crippen LogP contribution is -2.44. The zero-order valence-corrected chi connectivity index (χ0v) is 14.4. The van der Waals surface area contributed by atoms with Gasteiger partial charge < -0.3 is 15.2 Å². The molecule has 1 heterocycles. The second-order valence-corrected chi connectivity index (χ2v) is 6.51. The predicted octanol–water partition coefficient (Wildman–Crippen LogP) is 2.66. The van der Waals surface area contributed by atoms with E-state index in [-0.39, 0.29) is 6.42 Å². The van der Waals surface area contributed by atoms with Crippen LogP contribution >= 0.6 is 0 Å². The molecule has 0 spiro atoms. The highest BCUT2D eigenvalue weighted by molar-refractivity contribution is 5.80. The van der Waals surface area contributed by atoms with Crippen molar-refractivity contribution in [1.82, 2.24) is 15.3 Å². The summed E-state index contributed by atoms with van der Waals surface area (Å²) >= 11 is 0. The van der Waals surface area contributed by atoms with E-state index in [9.17, 15) is 14.7 Å². The molecule has 2 aromatic rings. The van der Waals surface area contributed by atoms with Gasteiger partial charge in [-0.25, -0.2) is 19.6 Å². The Morgan fingerprint density at radius 1 is 1.16 bits per heavy atom. The van der Waals surface area contributed by atoms with Gasteiger partial charge in [0, 0.05) is 24.4 Å². The van der Waals surface area contributed by atoms with Crippen molar-refractivity contribution >= 4 is 12.1 Å². The van der Waals surface area contributed by atoms with Crippen LogP contribution in [0.15, 0.2) is 42.7 Å². The zero-order chi connectivity index (χ0) is 18.4. The molecule has 0 aliphatic carbocycles. The van der Waals surface area contributed by atoms with E-state index in [1.165, 1.54) is 0 Å². The van der Waals surface area contributed by atoms with Crippen molar-refractivity contribution in [3.05, 3.63) is 48.3 Å². The van der Waals surface area contributed by atoms with Gasteiger partial charge in [-0.15, -0.1) is 0 Å². The van der Waals surface area contributed by atoms with Crippen LogP contribution in [0.2, 0.25) is 0 Å². The third-order valence-corrected chi connectivity index (χ3v) is 3.21. The van der Waals surface area contributed by atoms with Crippen molar-refractivity contribution in [3.8, 4) is 11.4 Å². The number of aliphatic carboxylic acids is 1. The van der Waals surface area contributed by atoms with E-state index >= 15 is 0 Å². The van der Waals surface area contributed by atoms with E-state index in [4.69, 9.17) is 4.74 Å². The van der Waals surface area contributed by atoms with Gasteiger partial charge in [0.25, 0.3) is 0 Å². The number of hydrogen-bond donors (Lipinski definition) is 2. The average Bonchev–Trinajstić information content (AvgIpc) is 2.54. The highest BCUT2D eigenvalue weighted by atomic mass is 16.6. The van der Waals surface area contributed by atoms with Gasteiger partial charge in [0.2, 0.25) is 0 Å². The van der Waals surface area contributed by atoms with Gasteiger partial charge in [-0.2, -0.15) is 0 Å². The maximum absolute atomic E-state index is 11.8. The molecule has 0 unspecified atom stereocenters. The lowest BCUT2D eigenvalue weighted by molar-refractivity contribution is -0.139. The normalized spacial score (nSPS) is 12.3. The minimum Gasteiger partial charge on any atom is -0.480 e. The molecule has 1 atom stereocenters. The van der Waals surface area contributed by atoms with Crippen LogP contribution in [-0.4, -0.2) is 38.8 Å². The maximum atomic E-state index is 11.8.